The van der Waals surface area contributed by atoms with Crippen molar-refractivity contribution in [2.75, 3.05) is 0 Å². The number of rotatable bonds is 6. The summed E-state index contributed by atoms with van der Waals surface area (Å²) in [4.78, 5) is 10.2. The zero-order valence-corrected chi connectivity index (χ0v) is 8.83. The summed E-state index contributed by atoms with van der Waals surface area (Å²) in [7, 11) is -3.90. The van der Waals surface area contributed by atoms with E-state index in [0.29, 0.717) is 12.8 Å². The Hall–Kier alpha value is 0.0369. The van der Waals surface area contributed by atoms with Gasteiger partial charge in [-0.15, -0.1) is 0 Å². The van der Waals surface area contributed by atoms with Crippen molar-refractivity contribution in [1.82, 2.24) is 0 Å². The monoisotopic (exact) mass is 214 g/mol. The molecule has 0 aromatic rings. The Morgan fingerprint density at radius 3 is 2.42 bits per heavy atom. The molecule has 72 valence electrons. The van der Waals surface area contributed by atoms with Crippen molar-refractivity contribution in [3.05, 3.63) is 0 Å². The largest absolute Gasteiger partial charge is 0.424 e. The maximum atomic E-state index is 12.7. The van der Waals surface area contributed by atoms with Gasteiger partial charge < -0.3 is 0 Å². The average molecular weight is 215 g/mol. The first-order chi connectivity index (χ1) is 5.48. The molecule has 0 N–H and O–H groups in total. The van der Waals surface area contributed by atoms with Crippen LogP contribution in [-0.4, -0.2) is 14.0 Å². The molecule has 0 amide bonds. The van der Waals surface area contributed by atoms with Crippen LogP contribution in [-0.2, 0) is 4.79 Å². The first-order valence-corrected chi connectivity index (χ1v) is 6.59. The lowest BCUT2D eigenvalue weighted by Crippen LogP contribution is -2.19. The van der Waals surface area contributed by atoms with Crippen LogP contribution in [0.1, 0.15) is 26.2 Å². The number of hydrogen-bond donors (Lipinski definition) is 0. The van der Waals surface area contributed by atoms with Crippen LogP contribution in [0.3, 0.4) is 0 Å². The average Bonchev–Trinajstić information content (AvgIpc) is 1.98. The summed E-state index contributed by atoms with van der Waals surface area (Å²) in [5.74, 6) is 0. The number of hydrogen-bond acceptors (Lipinski definition) is 1. The van der Waals surface area contributed by atoms with Crippen molar-refractivity contribution >= 4 is 25.6 Å². The van der Waals surface area contributed by atoms with Crippen LogP contribution in [0.2, 0.25) is 12.1 Å². The van der Waals surface area contributed by atoms with E-state index in [-0.39, 0.29) is 18.5 Å². The van der Waals surface area contributed by atoms with E-state index in [1.54, 1.807) is 0 Å². The normalized spacial score (nSPS) is 11.7. The molecular weight excluding hydrogens is 202 g/mol. The van der Waals surface area contributed by atoms with Gasteiger partial charge in [-0.25, -0.2) is 0 Å². The SMILES string of the molecule is CC[Si](F)(F)CCCCC(=O)Cl. The highest BCUT2D eigenvalue weighted by Crippen LogP contribution is 2.21. The fraction of sp³-hybridized carbons (Fsp3) is 0.857. The zero-order valence-electron chi connectivity index (χ0n) is 7.08. The molecule has 0 saturated heterocycles. The molecule has 0 radical (unpaired) electrons. The molecule has 0 aliphatic carbocycles. The number of carbonyl (C=O) groups is 1. The van der Waals surface area contributed by atoms with E-state index in [0.717, 1.165) is 0 Å². The molecule has 1 nitrogen and oxygen atoms in total. The third kappa shape index (κ3) is 6.73. The Balaban J connectivity index is 3.37. The lowest BCUT2D eigenvalue weighted by molar-refractivity contribution is -0.111. The van der Waals surface area contributed by atoms with E-state index in [1.165, 1.54) is 6.92 Å². The summed E-state index contributed by atoms with van der Waals surface area (Å²) in [6.07, 6.45) is 1.13. The van der Waals surface area contributed by atoms with Gasteiger partial charge in [-0.05, 0) is 30.1 Å². The second kappa shape index (κ2) is 5.64. The highest BCUT2D eigenvalue weighted by Gasteiger charge is 2.31. The molecule has 0 aromatic carbocycles. The van der Waals surface area contributed by atoms with E-state index < -0.39 is 14.0 Å². The molecule has 0 aromatic heterocycles. The predicted octanol–water partition coefficient (Wildman–Crippen LogP) is 3.32. The van der Waals surface area contributed by atoms with Gasteiger partial charge >= 0.3 is 8.74 Å². The lowest BCUT2D eigenvalue weighted by atomic mass is 10.3. The Labute approximate surface area is 77.5 Å². The minimum absolute atomic E-state index is 0.00181. The smallest absolute Gasteiger partial charge is 0.281 e. The summed E-state index contributed by atoms with van der Waals surface area (Å²) in [5, 5.41) is -0.434. The van der Waals surface area contributed by atoms with Crippen molar-refractivity contribution in [2.24, 2.45) is 0 Å². The van der Waals surface area contributed by atoms with Crippen LogP contribution >= 0.6 is 11.6 Å². The van der Waals surface area contributed by atoms with Gasteiger partial charge in [0.2, 0.25) is 5.24 Å². The van der Waals surface area contributed by atoms with Gasteiger partial charge in [0.1, 0.15) is 0 Å². The standard InChI is InChI=1S/C7H13ClF2OSi/c1-2-12(9,10)6-4-3-5-7(8)11/h2-6H2,1H3. The fourth-order valence-corrected chi connectivity index (χ4v) is 2.08. The maximum absolute atomic E-state index is 12.7. The molecule has 0 unspecified atom stereocenters. The van der Waals surface area contributed by atoms with Crippen LogP contribution in [0, 0.1) is 0 Å². The fourth-order valence-electron chi connectivity index (χ4n) is 0.824. The molecule has 0 saturated carbocycles. The van der Waals surface area contributed by atoms with Crippen LogP contribution < -0.4 is 0 Å². The van der Waals surface area contributed by atoms with Gasteiger partial charge in [0.25, 0.3) is 0 Å². The van der Waals surface area contributed by atoms with Crippen molar-refractivity contribution in [1.29, 1.82) is 0 Å². The number of unbranched alkanes of at least 4 members (excludes halogenated alkanes) is 1. The third-order valence-corrected chi connectivity index (χ3v) is 3.99. The first kappa shape index (κ1) is 12.0. The van der Waals surface area contributed by atoms with Crippen molar-refractivity contribution in [3.8, 4) is 0 Å². The topological polar surface area (TPSA) is 17.1 Å². The Morgan fingerprint density at radius 1 is 1.42 bits per heavy atom. The predicted molar refractivity (Wildman–Crippen MR) is 48.0 cm³/mol. The lowest BCUT2D eigenvalue weighted by Gasteiger charge is -2.08. The second-order valence-electron chi connectivity index (χ2n) is 2.77. The minimum atomic E-state index is -3.90. The molecule has 0 aliphatic heterocycles. The molecule has 0 rings (SSSR count). The van der Waals surface area contributed by atoms with Gasteiger partial charge in [-0.2, -0.15) is 0 Å². The Kier molecular flexibility index (Phi) is 5.66. The highest BCUT2D eigenvalue weighted by atomic mass is 35.5. The van der Waals surface area contributed by atoms with Crippen LogP contribution in [0.25, 0.3) is 0 Å². The number of carbonyl (C=O) groups excluding carboxylic acids is 1. The molecule has 0 aliphatic rings. The van der Waals surface area contributed by atoms with E-state index in [1.807, 2.05) is 0 Å². The molecule has 12 heavy (non-hydrogen) atoms. The summed E-state index contributed by atoms with van der Waals surface area (Å²) < 4.78 is 25.4. The number of halogens is 3. The minimum Gasteiger partial charge on any atom is -0.281 e. The first-order valence-electron chi connectivity index (χ1n) is 4.04. The molecular formula is C7H13ClF2OSi. The van der Waals surface area contributed by atoms with E-state index in [4.69, 9.17) is 11.6 Å². The zero-order chi connectivity index (χ0) is 9.61. The van der Waals surface area contributed by atoms with Crippen molar-refractivity contribution in [3.63, 3.8) is 0 Å². The molecule has 0 bridgehead atoms. The molecule has 0 spiro atoms. The van der Waals surface area contributed by atoms with Gasteiger partial charge in [0.15, 0.2) is 0 Å². The molecule has 0 fully saturated rings. The van der Waals surface area contributed by atoms with E-state index in [9.17, 15) is 13.0 Å². The van der Waals surface area contributed by atoms with Gasteiger partial charge in [-0.1, -0.05) is 13.3 Å². The molecule has 0 atom stereocenters. The highest BCUT2D eigenvalue weighted by molar-refractivity contribution is 6.66. The summed E-state index contributed by atoms with van der Waals surface area (Å²) in [6.45, 7) is 1.51. The summed E-state index contributed by atoms with van der Waals surface area (Å²) >= 11 is 5.05. The summed E-state index contributed by atoms with van der Waals surface area (Å²) in [5.41, 5.74) is 0. The second-order valence-corrected chi connectivity index (χ2v) is 6.11. The van der Waals surface area contributed by atoms with Crippen molar-refractivity contribution in [2.45, 2.75) is 38.3 Å². The molecule has 5 heteroatoms. The molecule has 0 heterocycles. The Morgan fingerprint density at radius 2 is 2.00 bits per heavy atom. The quantitative estimate of drug-likeness (QED) is 0.287. The van der Waals surface area contributed by atoms with Crippen molar-refractivity contribution < 1.29 is 13.0 Å². The van der Waals surface area contributed by atoms with E-state index in [2.05, 4.69) is 0 Å². The maximum Gasteiger partial charge on any atom is 0.424 e. The van der Waals surface area contributed by atoms with Gasteiger partial charge in [0.05, 0.1) is 0 Å². The summed E-state index contributed by atoms with van der Waals surface area (Å²) in [6, 6.07) is -0.00447. The van der Waals surface area contributed by atoms with Crippen LogP contribution in [0.4, 0.5) is 8.22 Å². The van der Waals surface area contributed by atoms with Gasteiger partial charge in [0, 0.05) is 6.42 Å². The van der Waals surface area contributed by atoms with Crippen LogP contribution in [0.5, 0.6) is 0 Å². The van der Waals surface area contributed by atoms with E-state index >= 15 is 0 Å². The van der Waals surface area contributed by atoms with Crippen LogP contribution in [0.15, 0.2) is 0 Å². The Bertz CT molecular complexity index is 152. The third-order valence-electron chi connectivity index (χ3n) is 1.68. The van der Waals surface area contributed by atoms with Gasteiger partial charge in [-0.3, -0.25) is 13.0 Å².